The molecule has 3 heterocycles. The van der Waals surface area contributed by atoms with Crippen LogP contribution in [-0.2, 0) is 16.5 Å². The van der Waals surface area contributed by atoms with Crippen molar-refractivity contribution in [2.45, 2.75) is 45.5 Å². The molecule has 1 aliphatic heterocycles. The van der Waals surface area contributed by atoms with Gasteiger partial charge < -0.3 is 19.3 Å². The summed E-state index contributed by atoms with van der Waals surface area (Å²) in [5.41, 5.74) is -2.11. The average molecular weight is 415 g/mol. The van der Waals surface area contributed by atoms with Gasteiger partial charge in [0.25, 0.3) is 0 Å². The maximum Gasteiger partial charge on any atom is 0.423 e. The Morgan fingerprint density at radius 1 is 1.24 bits per heavy atom. The van der Waals surface area contributed by atoms with E-state index < -0.39 is 40.9 Å². The molecule has 0 amide bonds. The minimum Gasteiger partial charge on any atom is -0.483 e. The highest BCUT2D eigenvalue weighted by atomic mass is 19.4. The summed E-state index contributed by atoms with van der Waals surface area (Å²) in [7, 11) is 0. The van der Waals surface area contributed by atoms with Gasteiger partial charge in [0.15, 0.2) is 17.2 Å². The summed E-state index contributed by atoms with van der Waals surface area (Å²) < 4.78 is 58.5. The van der Waals surface area contributed by atoms with Crippen LogP contribution in [0.3, 0.4) is 0 Å². The molecule has 8 nitrogen and oxygen atoms in total. The van der Waals surface area contributed by atoms with Gasteiger partial charge in [-0.3, -0.25) is 4.98 Å². The molecular weight excluding hydrogens is 395 g/mol. The molecule has 0 aromatic carbocycles. The predicted molar refractivity (Wildman–Crippen MR) is 93.5 cm³/mol. The number of nitrogens with zero attached hydrogens (tertiary/aromatic N) is 3. The fraction of sp³-hybridized carbons (Fsp3) is 0.500. The SMILES string of the molecule is Cc1c(C(=O)O)nn(C(C)(C)C)c1Oc1cncc(OC2COC2)c1C(F)(F)F. The Kier molecular flexibility index (Phi) is 5.20. The van der Waals surface area contributed by atoms with E-state index in [0.29, 0.717) is 0 Å². The van der Waals surface area contributed by atoms with E-state index in [1.165, 1.54) is 11.6 Å². The van der Waals surface area contributed by atoms with Gasteiger partial charge in [-0.05, 0) is 27.7 Å². The zero-order chi connectivity index (χ0) is 21.6. The molecule has 2 aromatic rings. The first-order chi connectivity index (χ1) is 13.4. The van der Waals surface area contributed by atoms with Crippen molar-refractivity contribution in [3.05, 3.63) is 29.2 Å². The van der Waals surface area contributed by atoms with Crippen LogP contribution >= 0.6 is 0 Å². The lowest BCUT2D eigenvalue weighted by Crippen LogP contribution is -2.39. The smallest absolute Gasteiger partial charge is 0.423 e. The second-order valence-corrected chi connectivity index (χ2v) is 7.55. The van der Waals surface area contributed by atoms with E-state index in [1.807, 2.05) is 0 Å². The number of carbonyl (C=O) groups is 1. The number of hydrogen-bond donors (Lipinski definition) is 1. The summed E-state index contributed by atoms with van der Waals surface area (Å²) in [5.74, 6) is -2.53. The number of alkyl halides is 3. The van der Waals surface area contributed by atoms with Crippen molar-refractivity contribution in [1.82, 2.24) is 14.8 Å². The van der Waals surface area contributed by atoms with Crippen LogP contribution < -0.4 is 9.47 Å². The normalized spacial score (nSPS) is 15.1. The van der Waals surface area contributed by atoms with Gasteiger partial charge in [-0.25, -0.2) is 9.48 Å². The van der Waals surface area contributed by atoms with Crippen LogP contribution in [0.5, 0.6) is 17.4 Å². The Morgan fingerprint density at radius 3 is 2.34 bits per heavy atom. The number of carboxylic acid groups (broad SMARTS) is 1. The molecular formula is C18H20F3N3O5. The molecule has 29 heavy (non-hydrogen) atoms. The Bertz CT molecular complexity index is 930. The molecule has 0 spiro atoms. The molecule has 3 rings (SSSR count). The van der Waals surface area contributed by atoms with E-state index in [1.54, 1.807) is 20.8 Å². The minimum atomic E-state index is -4.80. The van der Waals surface area contributed by atoms with Crippen LogP contribution in [0, 0.1) is 6.92 Å². The van der Waals surface area contributed by atoms with Crippen LogP contribution in [0.1, 0.15) is 42.4 Å². The highest BCUT2D eigenvalue weighted by molar-refractivity contribution is 5.87. The topological polar surface area (TPSA) is 95.7 Å². The van der Waals surface area contributed by atoms with Gasteiger partial charge in [-0.15, -0.1) is 0 Å². The quantitative estimate of drug-likeness (QED) is 0.797. The molecule has 0 unspecified atom stereocenters. The first kappa shape index (κ1) is 20.9. The molecule has 0 aliphatic carbocycles. The summed E-state index contributed by atoms with van der Waals surface area (Å²) in [4.78, 5) is 15.2. The van der Waals surface area contributed by atoms with Crippen LogP contribution in [-0.4, -0.2) is 45.2 Å². The number of hydrogen-bond acceptors (Lipinski definition) is 6. The number of rotatable bonds is 5. The predicted octanol–water partition coefficient (Wildman–Crippen LogP) is 3.63. The van der Waals surface area contributed by atoms with Gasteiger partial charge in [0.2, 0.25) is 5.88 Å². The van der Waals surface area contributed by atoms with Crippen molar-refractivity contribution in [1.29, 1.82) is 0 Å². The summed E-state index contributed by atoms with van der Waals surface area (Å²) in [6.07, 6.45) is -3.43. The van der Waals surface area contributed by atoms with Gasteiger partial charge >= 0.3 is 12.1 Å². The lowest BCUT2D eigenvalue weighted by Gasteiger charge is -2.28. The monoisotopic (exact) mass is 415 g/mol. The van der Waals surface area contributed by atoms with E-state index in [-0.39, 0.29) is 30.4 Å². The fourth-order valence-electron chi connectivity index (χ4n) is 2.69. The van der Waals surface area contributed by atoms with E-state index in [2.05, 4.69) is 10.1 Å². The van der Waals surface area contributed by atoms with E-state index in [9.17, 15) is 23.1 Å². The number of carboxylic acids is 1. The van der Waals surface area contributed by atoms with Gasteiger partial charge in [-0.2, -0.15) is 18.3 Å². The molecule has 0 radical (unpaired) electrons. The first-order valence-corrected chi connectivity index (χ1v) is 8.70. The molecule has 1 N–H and O–H groups in total. The summed E-state index contributed by atoms with van der Waals surface area (Å²) in [5, 5.41) is 13.3. The molecule has 0 bridgehead atoms. The molecule has 2 aromatic heterocycles. The highest BCUT2D eigenvalue weighted by Crippen LogP contribution is 2.44. The summed E-state index contributed by atoms with van der Waals surface area (Å²) in [6.45, 7) is 6.94. The maximum atomic E-state index is 13.8. The number of pyridine rings is 1. The number of ether oxygens (including phenoxy) is 3. The zero-order valence-corrected chi connectivity index (χ0v) is 16.2. The number of halogens is 3. The van der Waals surface area contributed by atoms with Gasteiger partial charge in [-0.1, -0.05) is 0 Å². The van der Waals surface area contributed by atoms with Crippen LogP contribution in [0.15, 0.2) is 12.4 Å². The number of aromatic nitrogens is 3. The third kappa shape index (κ3) is 4.14. The van der Waals surface area contributed by atoms with Crippen molar-refractivity contribution in [3.63, 3.8) is 0 Å². The Balaban J connectivity index is 2.11. The molecule has 1 aliphatic rings. The Hall–Kier alpha value is -2.82. The van der Waals surface area contributed by atoms with Gasteiger partial charge in [0.1, 0.15) is 11.7 Å². The molecule has 11 heteroatoms. The molecule has 0 saturated carbocycles. The van der Waals surface area contributed by atoms with Crippen molar-refractivity contribution >= 4 is 5.97 Å². The van der Waals surface area contributed by atoms with E-state index >= 15 is 0 Å². The van der Waals surface area contributed by atoms with Crippen molar-refractivity contribution in [3.8, 4) is 17.4 Å². The maximum absolute atomic E-state index is 13.8. The molecule has 158 valence electrons. The summed E-state index contributed by atoms with van der Waals surface area (Å²) in [6, 6.07) is 0. The third-order valence-corrected chi connectivity index (χ3v) is 4.17. The third-order valence-electron chi connectivity index (χ3n) is 4.17. The van der Waals surface area contributed by atoms with Gasteiger partial charge in [0, 0.05) is 5.56 Å². The zero-order valence-electron chi connectivity index (χ0n) is 16.2. The molecule has 1 saturated heterocycles. The second kappa shape index (κ2) is 7.21. The van der Waals surface area contributed by atoms with Crippen LogP contribution in [0.4, 0.5) is 13.2 Å². The standard InChI is InChI=1S/C18H20F3N3O5/c1-9-14(16(25)26)23-24(17(2,3)4)15(9)29-12-6-22-5-11(13(12)18(19,20)21)28-10-7-27-8-10/h5-6,10H,7-8H2,1-4H3,(H,25,26). The largest absolute Gasteiger partial charge is 0.483 e. The summed E-state index contributed by atoms with van der Waals surface area (Å²) >= 11 is 0. The highest BCUT2D eigenvalue weighted by Gasteiger charge is 2.41. The lowest BCUT2D eigenvalue weighted by molar-refractivity contribution is -0.143. The lowest BCUT2D eigenvalue weighted by atomic mass is 10.1. The average Bonchev–Trinajstić information content (AvgIpc) is 2.87. The van der Waals surface area contributed by atoms with E-state index in [0.717, 1.165) is 12.4 Å². The molecule has 0 atom stereocenters. The Labute approximate surface area is 164 Å². The van der Waals surface area contributed by atoms with Gasteiger partial charge in [0.05, 0.1) is 31.1 Å². The van der Waals surface area contributed by atoms with Crippen molar-refractivity contribution < 1.29 is 37.3 Å². The van der Waals surface area contributed by atoms with Crippen molar-refractivity contribution in [2.75, 3.05) is 13.2 Å². The minimum absolute atomic E-state index is 0.0965. The Morgan fingerprint density at radius 2 is 1.86 bits per heavy atom. The van der Waals surface area contributed by atoms with Crippen LogP contribution in [0.25, 0.3) is 0 Å². The molecule has 1 fully saturated rings. The second-order valence-electron chi connectivity index (χ2n) is 7.55. The van der Waals surface area contributed by atoms with Crippen LogP contribution in [0.2, 0.25) is 0 Å². The number of aromatic carboxylic acids is 1. The van der Waals surface area contributed by atoms with Crippen molar-refractivity contribution in [2.24, 2.45) is 0 Å². The first-order valence-electron chi connectivity index (χ1n) is 8.70. The van der Waals surface area contributed by atoms with E-state index in [4.69, 9.17) is 14.2 Å². The fourth-order valence-corrected chi connectivity index (χ4v) is 2.69.